The van der Waals surface area contributed by atoms with Gasteiger partial charge in [0, 0.05) is 38.9 Å². The van der Waals surface area contributed by atoms with Crippen LogP contribution >= 0.6 is 0 Å². The highest BCUT2D eigenvalue weighted by molar-refractivity contribution is 4.96. The molecule has 1 heterocycles. The molecular weight excluding hydrogens is 226 g/mol. The van der Waals surface area contributed by atoms with Crippen LogP contribution in [0.5, 0.6) is 0 Å². The Bertz CT molecular complexity index is 321. The van der Waals surface area contributed by atoms with Gasteiger partial charge in [-0.15, -0.1) is 0 Å². The SMILES string of the molecule is CCCN(CCN(C)C)Cc1cn(CCN)cn1. The molecule has 0 spiro atoms. The third-order valence-electron chi connectivity index (χ3n) is 2.86. The monoisotopic (exact) mass is 253 g/mol. The molecule has 0 unspecified atom stereocenters. The molecule has 1 aromatic heterocycles. The fraction of sp³-hybridized carbons (Fsp3) is 0.769. The lowest BCUT2D eigenvalue weighted by atomic mass is 10.3. The lowest BCUT2D eigenvalue weighted by Gasteiger charge is -2.22. The molecule has 0 aliphatic rings. The smallest absolute Gasteiger partial charge is 0.0950 e. The second kappa shape index (κ2) is 8.24. The summed E-state index contributed by atoms with van der Waals surface area (Å²) >= 11 is 0. The third-order valence-corrected chi connectivity index (χ3v) is 2.86. The van der Waals surface area contributed by atoms with Gasteiger partial charge in [-0.1, -0.05) is 6.92 Å². The van der Waals surface area contributed by atoms with E-state index in [2.05, 4.69) is 46.6 Å². The molecule has 0 bridgehead atoms. The van der Waals surface area contributed by atoms with Crippen LogP contribution < -0.4 is 5.73 Å². The maximum absolute atomic E-state index is 5.54. The number of aromatic nitrogens is 2. The highest BCUT2D eigenvalue weighted by Crippen LogP contribution is 2.03. The number of nitrogens with zero attached hydrogens (tertiary/aromatic N) is 4. The summed E-state index contributed by atoms with van der Waals surface area (Å²) in [5.74, 6) is 0. The summed E-state index contributed by atoms with van der Waals surface area (Å²) in [6.45, 7) is 7.95. The number of hydrogen-bond donors (Lipinski definition) is 1. The van der Waals surface area contributed by atoms with Crippen molar-refractivity contribution in [2.45, 2.75) is 26.4 Å². The summed E-state index contributed by atoms with van der Waals surface area (Å²) < 4.78 is 2.06. The van der Waals surface area contributed by atoms with Gasteiger partial charge in [0.2, 0.25) is 0 Å². The van der Waals surface area contributed by atoms with E-state index in [1.54, 1.807) is 0 Å². The number of rotatable bonds is 9. The number of likely N-dealkylation sites (N-methyl/N-ethyl adjacent to an activating group) is 1. The minimum Gasteiger partial charge on any atom is -0.336 e. The van der Waals surface area contributed by atoms with Crippen LogP contribution in [0.4, 0.5) is 0 Å². The minimum absolute atomic E-state index is 0.662. The number of hydrogen-bond acceptors (Lipinski definition) is 4. The van der Waals surface area contributed by atoms with Crippen molar-refractivity contribution >= 4 is 0 Å². The van der Waals surface area contributed by atoms with Crippen molar-refractivity contribution in [2.24, 2.45) is 5.73 Å². The third kappa shape index (κ3) is 5.62. The van der Waals surface area contributed by atoms with Gasteiger partial charge in [-0.25, -0.2) is 4.98 Å². The van der Waals surface area contributed by atoms with E-state index in [-0.39, 0.29) is 0 Å². The molecule has 5 nitrogen and oxygen atoms in total. The van der Waals surface area contributed by atoms with Gasteiger partial charge in [0.05, 0.1) is 12.0 Å². The summed E-state index contributed by atoms with van der Waals surface area (Å²) in [7, 11) is 4.22. The molecule has 104 valence electrons. The largest absolute Gasteiger partial charge is 0.336 e. The summed E-state index contributed by atoms with van der Waals surface area (Å²) in [5, 5.41) is 0. The van der Waals surface area contributed by atoms with Gasteiger partial charge in [-0.2, -0.15) is 0 Å². The molecule has 0 aromatic carbocycles. The van der Waals surface area contributed by atoms with E-state index in [0.29, 0.717) is 6.54 Å². The minimum atomic E-state index is 0.662. The average molecular weight is 253 g/mol. The zero-order chi connectivity index (χ0) is 13.4. The van der Waals surface area contributed by atoms with Crippen molar-refractivity contribution in [3.63, 3.8) is 0 Å². The van der Waals surface area contributed by atoms with E-state index < -0.39 is 0 Å². The summed E-state index contributed by atoms with van der Waals surface area (Å²) in [6.07, 6.45) is 5.15. The zero-order valence-corrected chi connectivity index (χ0v) is 12.0. The van der Waals surface area contributed by atoms with E-state index in [0.717, 1.165) is 38.4 Å². The normalized spacial score (nSPS) is 11.7. The van der Waals surface area contributed by atoms with E-state index in [1.165, 1.54) is 6.42 Å². The maximum Gasteiger partial charge on any atom is 0.0950 e. The van der Waals surface area contributed by atoms with E-state index in [4.69, 9.17) is 5.73 Å². The van der Waals surface area contributed by atoms with Crippen LogP contribution in [-0.4, -0.2) is 59.6 Å². The predicted molar refractivity (Wildman–Crippen MR) is 75.4 cm³/mol. The Morgan fingerprint density at radius 1 is 1.28 bits per heavy atom. The van der Waals surface area contributed by atoms with E-state index in [1.807, 2.05) is 6.33 Å². The van der Waals surface area contributed by atoms with Gasteiger partial charge >= 0.3 is 0 Å². The Kier molecular flexibility index (Phi) is 6.93. The van der Waals surface area contributed by atoms with Gasteiger partial charge in [0.15, 0.2) is 0 Å². The summed E-state index contributed by atoms with van der Waals surface area (Å²) in [4.78, 5) is 9.11. The van der Waals surface area contributed by atoms with Gasteiger partial charge in [-0.3, -0.25) is 4.90 Å². The lowest BCUT2D eigenvalue weighted by molar-refractivity contribution is 0.232. The number of nitrogens with two attached hydrogens (primary N) is 1. The Labute approximate surface area is 111 Å². The molecule has 5 heteroatoms. The topological polar surface area (TPSA) is 50.3 Å². The van der Waals surface area contributed by atoms with Crippen LogP contribution in [0.15, 0.2) is 12.5 Å². The average Bonchev–Trinajstić information content (AvgIpc) is 2.74. The Hall–Kier alpha value is -0.910. The zero-order valence-electron chi connectivity index (χ0n) is 12.0. The van der Waals surface area contributed by atoms with Crippen molar-refractivity contribution in [2.75, 3.05) is 40.3 Å². The van der Waals surface area contributed by atoms with Crippen molar-refractivity contribution in [3.05, 3.63) is 18.2 Å². The quantitative estimate of drug-likeness (QED) is 0.701. The molecule has 18 heavy (non-hydrogen) atoms. The fourth-order valence-electron chi connectivity index (χ4n) is 1.92. The first kappa shape index (κ1) is 15.1. The van der Waals surface area contributed by atoms with Crippen LogP contribution in [0.2, 0.25) is 0 Å². The predicted octanol–water partition coefficient (Wildman–Crippen LogP) is 0.615. The van der Waals surface area contributed by atoms with Crippen LogP contribution in [-0.2, 0) is 13.1 Å². The molecular formula is C13H27N5. The van der Waals surface area contributed by atoms with Crippen LogP contribution in [0.25, 0.3) is 0 Å². The van der Waals surface area contributed by atoms with Crippen LogP contribution in [0.3, 0.4) is 0 Å². The van der Waals surface area contributed by atoms with Crippen molar-refractivity contribution < 1.29 is 0 Å². The van der Waals surface area contributed by atoms with Crippen molar-refractivity contribution in [1.82, 2.24) is 19.4 Å². The van der Waals surface area contributed by atoms with Crippen LogP contribution in [0, 0.1) is 0 Å². The first-order chi connectivity index (χ1) is 8.65. The maximum atomic E-state index is 5.54. The second-order valence-corrected chi connectivity index (χ2v) is 4.97. The fourth-order valence-corrected chi connectivity index (χ4v) is 1.92. The molecule has 0 fully saturated rings. The molecule has 0 aliphatic heterocycles. The highest BCUT2D eigenvalue weighted by atomic mass is 15.2. The highest BCUT2D eigenvalue weighted by Gasteiger charge is 2.07. The Morgan fingerprint density at radius 3 is 2.67 bits per heavy atom. The molecule has 0 saturated heterocycles. The first-order valence-corrected chi connectivity index (χ1v) is 6.73. The Balaban J connectivity index is 2.47. The molecule has 0 radical (unpaired) electrons. The molecule has 0 aliphatic carbocycles. The molecule has 0 atom stereocenters. The van der Waals surface area contributed by atoms with Crippen molar-refractivity contribution in [1.29, 1.82) is 0 Å². The molecule has 0 saturated carbocycles. The Morgan fingerprint density at radius 2 is 2.06 bits per heavy atom. The molecule has 1 rings (SSSR count). The van der Waals surface area contributed by atoms with Crippen molar-refractivity contribution in [3.8, 4) is 0 Å². The number of imidazole rings is 1. The molecule has 2 N–H and O–H groups in total. The summed E-state index contributed by atoms with van der Waals surface area (Å²) in [5.41, 5.74) is 6.67. The van der Waals surface area contributed by atoms with E-state index >= 15 is 0 Å². The standard InChI is InChI=1S/C13H27N5/c1-4-6-17(9-8-16(2)3)10-13-11-18(7-5-14)12-15-13/h11-12H,4-10,14H2,1-3H3. The lowest BCUT2D eigenvalue weighted by Crippen LogP contribution is -2.32. The first-order valence-electron chi connectivity index (χ1n) is 6.73. The van der Waals surface area contributed by atoms with E-state index in [9.17, 15) is 0 Å². The van der Waals surface area contributed by atoms with Gasteiger partial charge in [0.1, 0.15) is 0 Å². The second-order valence-electron chi connectivity index (χ2n) is 4.97. The van der Waals surface area contributed by atoms with Crippen LogP contribution in [0.1, 0.15) is 19.0 Å². The van der Waals surface area contributed by atoms with Gasteiger partial charge in [-0.05, 0) is 27.1 Å². The summed E-state index contributed by atoms with van der Waals surface area (Å²) in [6, 6.07) is 0. The van der Waals surface area contributed by atoms with Gasteiger partial charge < -0.3 is 15.2 Å². The molecule has 0 amide bonds. The molecule has 1 aromatic rings. The van der Waals surface area contributed by atoms with Gasteiger partial charge in [0.25, 0.3) is 0 Å².